The van der Waals surface area contributed by atoms with E-state index in [1.165, 1.54) is 7.11 Å². The predicted octanol–water partition coefficient (Wildman–Crippen LogP) is 6.14. The van der Waals surface area contributed by atoms with Gasteiger partial charge >= 0.3 is 5.97 Å². The van der Waals surface area contributed by atoms with E-state index in [0.717, 1.165) is 16.3 Å². The standard InChI is InChI=1S/C27H25NO3/c1-19(2)27(26(29)30-3,22-17-16-20-10-7-8-11-21(20)18-22)24-14-9-15-25(28-24)31-23-12-5-4-6-13-23/h4-19H,1-3H3. The molecule has 156 valence electrons. The summed E-state index contributed by atoms with van der Waals surface area (Å²) in [6, 6.07) is 29.2. The molecule has 0 amide bonds. The van der Waals surface area contributed by atoms with Gasteiger partial charge in [-0.2, -0.15) is 0 Å². The zero-order chi connectivity index (χ0) is 21.8. The molecule has 0 spiro atoms. The van der Waals surface area contributed by atoms with Gasteiger partial charge in [0.1, 0.15) is 11.2 Å². The third kappa shape index (κ3) is 3.77. The van der Waals surface area contributed by atoms with Crippen LogP contribution in [0.4, 0.5) is 0 Å². The maximum absolute atomic E-state index is 13.4. The Hall–Kier alpha value is -3.66. The van der Waals surface area contributed by atoms with Crippen LogP contribution < -0.4 is 4.74 Å². The highest BCUT2D eigenvalue weighted by atomic mass is 16.5. The molecule has 0 saturated carbocycles. The summed E-state index contributed by atoms with van der Waals surface area (Å²) in [6.45, 7) is 4.02. The largest absolute Gasteiger partial charge is 0.468 e. The van der Waals surface area contributed by atoms with E-state index in [0.29, 0.717) is 17.3 Å². The summed E-state index contributed by atoms with van der Waals surface area (Å²) >= 11 is 0. The van der Waals surface area contributed by atoms with Gasteiger partial charge in [-0.25, -0.2) is 4.98 Å². The Morgan fingerprint density at radius 2 is 1.55 bits per heavy atom. The molecule has 1 aromatic heterocycles. The van der Waals surface area contributed by atoms with E-state index in [9.17, 15) is 4.79 Å². The first-order chi connectivity index (χ1) is 15.1. The van der Waals surface area contributed by atoms with Crippen LogP contribution in [0.5, 0.6) is 11.6 Å². The van der Waals surface area contributed by atoms with Crippen molar-refractivity contribution < 1.29 is 14.3 Å². The highest BCUT2D eigenvalue weighted by Gasteiger charge is 2.47. The molecule has 1 atom stereocenters. The number of para-hydroxylation sites is 1. The van der Waals surface area contributed by atoms with Gasteiger partial charge in [0, 0.05) is 6.07 Å². The van der Waals surface area contributed by atoms with Gasteiger partial charge in [-0.1, -0.05) is 74.5 Å². The lowest BCUT2D eigenvalue weighted by molar-refractivity contribution is -0.147. The molecule has 0 aliphatic rings. The minimum absolute atomic E-state index is 0.111. The first-order valence-electron chi connectivity index (χ1n) is 10.3. The average Bonchev–Trinajstić information content (AvgIpc) is 2.80. The van der Waals surface area contributed by atoms with E-state index in [2.05, 4.69) is 12.1 Å². The lowest BCUT2D eigenvalue weighted by Crippen LogP contribution is -2.43. The Morgan fingerprint density at radius 3 is 2.26 bits per heavy atom. The van der Waals surface area contributed by atoms with Crippen LogP contribution in [0.3, 0.4) is 0 Å². The number of hydrogen-bond acceptors (Lipinski definition) is 4. The van der Waals surface area contributed by atoms with Crippen molar-refractivity contribution >= 4 is 16.7 Å². The molecule has 0 bridgehead atoms. The fraction of sp³-hybridized carbons (Fsp3) is 0.185. The average molecular weight is 412 g/mol. The van der Waals surface area contributed by atoms with Crippen molar-refractivity contribution in [2.45, 2.75) is 19.3 Å². The van der Waals surface area contributed by atoms with E-state index >= 15 is 0 Å². The number of methoxy groups -OCH3 is 1. The zero-order valence-electron chi connectivity index (χ0n) is 17.9. The van der Waals surface area contributed by atoms with Gasteiger partial charge in [-0.15, -0.1) is 0 Å². The van der Waals surface area contributed by atoms with Gasteiger partial charge in [0.05, 0.1) is 12.8 Å². The Labute approximate surface area is 182 Å². The molecule has 4 nitrogen and oxygen atoms in total. The summed E-state index contributed by atoms with van der Waals surface area (Å²) in [7, 11) is 1.42. The van der Waals surface area contributed by atoms with E-state index in [-0.39, 0.29) is 11.9 Å². The van der Waals surface area contributed by atoms with Crippen LogP contribution in [0.25, 0.3) is 10.8 Å². The Bertz CT molecular complexity index is 1200. The summed E-state index contributed by atoms with van der Waals surface area (Å²) in [5.41, 5.74) is 0.366. The number of nitrogens with zero attached hydrogens (tertiary/aromatic N) is 1. The van der Waals surface area contributed by atoms with Crippen LogP contribution in [0.15, 0.2) is 91.0 Å². The number of hydrogen-bond donors (Lipinski definition) is 0. The number of esters is 1. The van der Waals surface area contributed by atoms with E-state index in [1.54, 1.807) is 6.07 Å². The van der Waals surface area contributed by atoms with Gasteiger partial charge in [0.15, 0.2) is 0 Å². The molecule has 0 aliphatic carbocycles. The van der Waals surface area contributed by atoms with Crippen LogP contribution in [0, 0.1) is 5.92 Å². The van der Waals surface area contributed by atoms with Crippen molar-refractivity contribution in [2.24, 2.45) is 5.92 Å². The number of rotatable bonds is 6. The molecule has 0 fully saturated rings. The molecule has 4 aromatic rings. The van der Waals surface area contributed by atoms with Crippen molar-refractivity contribution in [2.75, 3.05) is 7.11 Å². The third-order valence-corrected chi connectivity index (χ3v) is 5.67. The SMILES string of the molecule is COC(=O)C(c1ccc2ccccc2c1)(c1cccc(Oc2ccccc2)n1)C(C)C. The second-order valence-electron chi connectivity index (χ2n) is 7.79. The lowest BCUT2D eigenvalue weighted by atomic mass is 9.68. The first-order valence-corrected chi connectivity index (χ1v) is 10.3. The summed E-state index contributed by atoms with van der Waals surface area (Å²) < 4.78 is 11.3. The molecule has 4 rings (SSSR count). The fourth-order valence-corrected chi connectivity index (χ4v) is 4.13. The zero-order valence-corrected chi connectivity index (χ0v) is 17.9. The molecule has 0 aliphatic heterocycles. The smallest absolute Gasteiger partial charge is 0.322 e. The van der Waals surface area contributed by atoms with Crippen LogP contribution in [0.1, 0.15) is 25.1 Å². The molecular weight excluding hydrogens is 386 g/mol. The van der Waals surface area contributed by atoms with Gasteiger partial charge in [-0.05, 0) is 46.5 Å². The van der Waals surface area contributed by atoms with Gasteiger partial charge in [0.25, 0.3) is 0 Å². The van der Waals surface area contributed by atoms with Crippen molar-refractivity contribution in [1.29, 1.82) is 0 Å². The van der Waals surface area contributed by atoms with Gasteiger partial charge in [-0.3, -0.25) is 4.79 Å². The van der Waals surface area contributed by atoms with E-state index in [4.69, 9.17) is 14.5 Å². The summed E-state index contributed by atoms with van der Waals surface area (Å²) in [6.07, 6.45) is 0. The number of aromatic nitrogens is 1. The van der Waals surface area contributed by atoms with Crippen LogP contribution in [0.2, 0.25) is 0 Å². The molecule has 0 radical (unpaired) electrons. The van der Waals surface area contributed by atoms with Crippen molar-refractivity contribution in [3.63, 3.8) is 0 Å². The summed E-state index contributed by atoms with van der Waals surface area (Å²) in [4.78, 5) is 18.1. The fourth-order valence-electron chi connectivity index (χ4n) is 4.13. The van der Waals surface area contributed by atoms with Gasteiger partial charge in [0.2, 0.25) is 5.88 Å². The maximum atomic E-state index is 13.4. The van der Waals surface area contributed by atoms with Crippen LogP contribution in [-0.4, -0.2) is 18.1 Å². The number of pyridine rings is 1. The number of carbonyl (C=O) groups is 1. The molecule has 4 heteroatoms. The van der Waals surface area contributed by atoms with Crippen molar-refractivity contribution in [3.05, 3.63) is 102 Å². The Morgan fingerprint density at radius 1 is 0.839 bits per heavy atom. The highest BCUT2D eigenvalue weighted by Crippen LogP contribution is 2.41. The predicted molar refractivity (Wildman–Crippen MR) is 122 cm³/mol. The normalized spacial score (nSPS) is 13.0. The second-order valence-corrected chi connectivity index (χ2v) is 7.79. The molecular formula is C27H25NO3. The molecule has 0 N–H and O–H groups in total. The quantitative estimate of drug-likeness (QED) is 0.358. The molecule has 1 heterocycles. The second kappa shape index (κ2) is 8.60. The lowest BCUT2D eigenvalue weighted by Gasteiger charge is -2.35. The molecule has 0 saturated heterocycles. The third-order valence-electron chi connectivity index (χ3n) is 5.67. The first kappa shape index (κ1) is 20.6. The van der Waals surface area contributed by atoms with Gasteiger partial charge < -0.3 is 9.47 Å². The topological polar surface area (TPSA) is 48.4 Å². The Balaban J connectivity index is 1.89. The maximum Gasteiger partial charge on any atom is 0.322 e. The highest BCUT2D eigenvalue weighted by molar-refractivity contribution is 5.91. The summed E-state index contributed by atoms with van der Waals surface area (Å²) in [5, 5.41) is 2.17. The molecule has 31 heavy (non-hydrogen) atoms. The number of benzene rings is 3. The number of ether oxygens (including phenoxy) is 2. The van der Waals surface area contributed by atoms with E-state index in [1.807, 2.05) is 86.6 Å². The summed E-state index contributed by atoms with van der Waals surface area (Å²) in [5.74, 6) is 0.659. The number of carbonyl (C=O) groups excluding carboxylic acids is 1. The van der Waals surface area contributed by atoms with E-state index < -0.39 is 5.41 Å². The molecule has 1 unspecified atom stereocenters. The minimum atomic E-state index is -1.07. The van der Waals surface area contributed by atoms with Crippen molar-refractivity contribution in [1.82, 2.24) is 4.98 Å². The molecule has 3 aromatic carbocycles. The Kier molecular flexibility index (Phi) is 5.72. The van der Waals surface area contributed by atoms with Crippen molar-refractivity contribution in [3.8, 4) is 11.6 Å². The van der Waals surface area contributed by atoms with Crippen LogP contribution in [-0.2, 0) is 14.9 Å². The number of fused-ring (bicyclic) bond motifs is 1. The monoisotopic (exact) mass is 411 g/mol. The minimum Gasteiger partial charge on any atom is -0.468 e. The van der Waals surface area contributed by atoms with Crippen LogP contribution >= 0.6 is 0 Å².